The van der Waals surface area contributed by atoms with Crippen LogP contribution in [0.3, 0.4) is 0 Å². The van der Waals surface area contributed by atoms with Crippen LogP contribution in [0.15, 0.2) is 53.5 Å². The number of pyridine rings is 1. The average molecular weight is 352 g/mol. The summed E-state index contributed by atoms with van der Waals surface area (Å²) in [6, 6.07) is 13.6. The second-order valence-electron chi connectivity index (χ2n) is 7.56. The van der Waals surface area contributed by atoms with Gasteiger partial charge in [-0.3, -0.25) is 9.59 Å². The summed E-state index contributed by atoms with van der Waals surface area (Å²) in [7, 11) is 0. The Morgan fingerprint density at radius 3 is 2.58 bits per heavy atom. The Labute approximate surface area is 153 Å². The summed E-state index contributed by atoms with van der Waals surface area (Å²) in [6.45, 7) is 3.44. The molecule has 3 fully saturated rings. The Morgan fingerprint density at radius 1 is 1.15 bits per heavy atom. The van der Waals surface area contributed by atoms with Gasteiger partial charge in [-0.05, 0) is 37.8 Å². The topological polar surface area (TPSA) is 60.3 Å². The Bertz CT molecular complexity index is 853. The molecular formula is C21H24N2O3. The Balaban J connectivity index is 1.40. The molecule has 0 radical (unpaired) electrons. The molecule has 2 aromatic rings. The number of nitrogens with one attached hydrogen (secondary N) is 1. The fourth-order valence-electron chi connectivity index (χ4n) is 4.48. The number of hydrogen-bond donors (Lipinski definition) is 1. The third-order valence-electron chi connectivity index (χ3n) is 5.72. The molecule has 1 heterocycles. The number of rotatable bonds is 7. The molecule has 0 unspecified atom stereocenters. The van der Waals surface area contributed by atoms with Crippen LogP contribution >= 0.6 is 0 Å². The standard InChI is InChI=1S/C21H24N2O3/c1-2-26-11-10-23-12-16(8-9-18(23)24)19(25)22-21-13-20(14-21,15-21)17-6-4-3-5-7-17/h3-9,12H,2,10-11,13-15H2,1H3,(H,22,25). The van der Waals surface area contributed by atoms with Crippen molar-refractivity contribution in [2.75, 3.05) is 13.2 Å². The fourth-order valence-corrected chi connectivity index (χ4v) is 4.48. The van der Waals surface area contributed by atoms with Crippen molar-refractivity contribution in [3.63, 3.8) is 0 Å². The lowest BCUT2D eigenvalue weighted by Gasteiger charge is -2.71. The first kappa shape index (κ1) is 17.0. The van der Waals surface area contributed by atoms with Gasteiger partial charge in [-0.15, -0.1) is 0 Å². The van der Waals surface area contributed by atoms with Crippen molar-refractivity contribution in [1.29, 1.82) is 0 Å². The maximum absolute atomic E-state index is 12.7. The quantitative estimate of drug-likeness (QED) is 0.779. The first-order chi connectivity index (χ1) is 12.6. The van der Waals surface area contributed by atoms with E-state index in [0.29, 0.717) is 25.3 Å². The normalized spacial score (nSPS) is 25.9. The van der Waals surface area contributed by atoms with Gasteiger partial charge in [0.2, 0.25) is 0 Å². The molecule has 5 nitrogen and oxygen atoms in total. The van der Waals surface area contributed by atoms with Crippen LogP contribution < -0.4 is 10.9 Å². The lowest BCUT2D eigenvalue weighted by atomic mass is 9.37. The largest absolute Gasteiger partial charge is 0.380 e. The van der Waals surface area contributed by atoms with Gasteiger partial charge >= 0.3 is 0 Å². The van der Waals surface area contributed by atoms with Gasteiger partial charge in [0.1, 0.15) is 0 Å². The molecule has 1 amide bonds. The molecule has 1 aromatic heterocycles. The summed E-state index contributed by atoms with van der Waals surface area (Å²) in [6.07, 6.45) is 4.63. The van der Waals surface area contributed by atoms with Gasteiger partial charge in [-0.2, -0.15) is 0 Å². The highest BCUT2D eigenvalue weighted by Crippen LogP contribution is 2.67. The lowest BCUT2D eigenvalue weighted by Crippen LogP contribution is -2.76. The zero-order valence-corrected chi connectivity index (χ0v) is 15.0. The number of ether oxygens (including phenoxy) is 1. The van der Waals surface area contributed by atoms with Gasteiger partial charge in [0, 0.05) is 36.4 Å². The lowest BCUT2D eigenvalue weighted by molar-refractivity contribution is -0.0808. The van der Waals surface area contributed by atoms with Crippen LogP contribution in [0.2, 0.25) is 0 Å². The molecule has 3 aliphatic carbocycles. The Kier molecular flexibility index (Phi) is 4.19. The minimum atomic E-state index is -0.116. The summed E-state index contributed by atoms with van der Waals surface area (Å²) < 4.78 is 6.84. The highest BCUT2D eigenvalue weighted by Gasteiger charge is 2.68. The third kappa shape index (κ3) is 2.86. The number of hydrogen-bond acceptors (Lipinski definition) is 3. The van der Waals surface area contributed by atoms with E-state index in [9.17, 15) is 9.59 Å². The number of carbonyl (C=O) groups excluding carboxylic acids is 1. The molecule has 5 rings (SSSR count). The minimum Gasteiger partial charge on any atom is -0.380 e. The van der Waals surface area contributed by atoms with E-state index in [-0.39, 0.29) is 22.4 Å². The predicted octanol–water partition coefficient (Wildman–Crippen LogP) is 2.49. The summed E-state index contributed by atoms with van der Waals surface area (Å²) in [5.41, 5.74) is 1.97. The summed E-state index contributed by atoms with van der Waals surface area (Å²) >= 11 is 0. The van der Waals surface area contributed by atoms with Crippen LogP contribution in [0, 0.1) is 0 Å². The van der Waals surface area contributed by atoms with E-state index in [2.05, 4.69) is 29.6 Å². The highest BCUT2D eigenvalue weighted by molar-refractivity contribution is 5.94. The molecule has 136 valence electrons. The Hall–Kier alpha value is -2.40. The van der Waals surface area contributed by atoms with Crippen molar-refractivity contribution in [3.8, 4) is 0 Å². The van der Waals surface area contributed by atoms with Crippen LogP contribution in [0.4, 0.5) is 0 Å². The number of amides is 1. The van der Waals surface area contributed by atoms with E-state index in [0.717, 1.165) is 19.3 Å². The predicted molar refractivity (Wildman–Crippen MR) is 99.4 cm³/mol. The van der Waals surface area contributed by atoms with Gasteiger partial charge < -0.3 is 14.6 Å². The van der Waals surface area contributed by atoms with E-state index < -0.39 is 0 Å². The summed E-state index contributed by atoms with van der Waals surface area (Å²) in [5.74, 6) is -0.100. The number of carbonyl (C=O) groups is 1. The van der Waals surface area contributed by atoms with Gasteiger partial charge in [0.15, 0.2) is 0 Å². The molecule has 0 aliphatic heterocycles. The molecule has 26 heavy (non-hydrogen) atoms. The van der Waals surface area contributed by atoms with E-state index in [1.807, 2.05) is 13.0 Å². The van der Waals surface area contributed by atoms with Crippen LogP contribution in [0.25, 0.3) is 0 Å². The van der Waals surface area contributed by atoms with E-state index >= 15 is 0 Å². The smallest absolute Gasteiger partial charge is 0.253 e. The maximum Gasteiger partial charge on any atom is 0.253 e. The van der Waals surface area contributed by atoms with E-state index in [1.165, 1.54) is 16.2 Å². The van der Waals surface area contributed by atoms with Crippen molar-refractivity contribution >= 4 is 5.91 Å². The molecule has 0 saturated heterocycles. The minimum absolute atomic E-state index is 0.0702. The van der Waals surface area contributed by atoms with E-state index in [4.69, 9.17) is 4.74 Å². The van der Waals surface area contributed by atoms with Crippen molar-refractivity contribution in [1.82, 2.24) is 9.88 Å². The average Bonchev–Trinajstić information content (AvgIpc) is 2.59. The van der Waals surface area contributed by atoms with Gasteiger partial charge in [0.25, 0.3) is 11.5 Å². The second kappa shape index (κ2) is 6.40. The van der Waals surface area contributed by atoms with Gasteiger partial charge in [-0.25, -0.2) is 0 Å². The first-order valence-corrected chi connectivity index (χ1v) is 9.22. The molecule has 3 saturated carbocycles. The van der Waals surface area contributed by atoms with Gasteiger partial charge in [-0.1, -0.05) is 30.3 Å². The number of nitrogens with zero attached hydrogens (tertiary/aromatic N) is 1. The van der Waals surface area contributed by atoms with Crippen LogP contribution in [-0.4, -0.2) is 29.2 Å². The molecule has 2 bridgehead atoms. The SMILES string of the molecule is CCOCCn1cc(C(=O)NC23CC(c4ccccc4)(C2)C3)ccc1=O. The summed E-state index contributed by atoms with van der Waals surface area (Å²) in [4.78, 5) is 24.6. The van der Waals surface area contributed by atoms with E-state index in [1.54, 1.807) is 12.3 Å². The van der Waals surface area contributed by atoms with Crippen molar-refractivity contribution in [2.24, 2.45) is 0 Å². The summed E-state index contributed by atoms with van der Waals surface area (Å²) in [5, 5.41) is 3.20. The fraction of sp³-hybridized carbons (Fsp3) is 0.429. The maximum atomic E-state index is 12.7. The second-order valence-corrected chi connectivity index (χ2v) is 7.56. The molecule has 0 atom stereocenters. The number of aromatic nitrogens is 1. The molecule has 0 spiro atoms. The van der Waals surface area contributed by atoms with Crippen molar-refractivity contribution < 1.29 is 9.53 Å². The molecule has 1 aromatic carbocycles. The number of benzene rings is 1. The zero-order valence-electron chi connectivity index (χ0n) is 15.0. The Morgan fingerprint density at radius 2 is 1.88 bits per heavy atom. The van der Waals surface area contributed by atoms with Crippen LogP contribution in [-0.2, 0) is 16.7 Å². The first-order valence-electron chi connectivity index (χ1n) is 9.22. The monoisotopic (exact) mass is 352 g/mol. The zero-order chi connectivity index (χ0) is 18.2. The molecule has 3 aliphatic rings. The van der Waals surface area contributed by atoms with Crippen molar-refractivity contribution in [2.45, 2.75) is 43.7 Å². The van der Waals surface area contributed by atoms with Crippen molar-refractivity contribution in [3.05, 3.63) is 70.1 Å². The highest BCUT2D eigenvalue weighted by atomic mass is 16.5. The van der Waals surface area contributed by atoms with Crippen LogP contribution in [0.1, 0.15) is 42.1 Å². The molecule has 1 N–H and O–H groups in total. The van der Waals surface area contributed by atoms with Gasteiger partial charge in [0.05, 0.1) is 12.2 Å². The van der Waals surface area contributed by atoms with Crippen LogP contribution in [0.5, 0.6) is 0 Å². The molecule has 5 heteroatoms. The third-order valence-corrected chi connectivity index (χ3v) is 5.72. The molecular weight excluding hydrogens is 328 g/mol.